The molecular weight excluding hydrogens is 412 g/mol. The minimum atomic E-state index is 0.0725. The molecule has 2 aromatic carbocycles. The van der Waals surface area contributed by atoms with Crippen LogP contribution in [0, 0.1) is 0 Å². The van der Waals surface area contributed by atoms with E-state index in [1.165, 1.54) is 11.8 Å². The van der Waals surface area contributed by atoms with Gasteiger partial charge < -0.3 is 18.9 Å². The Morgan fingerprint density at radius 2 is 1.90 bits per heavy atom. The van der Waals surface area contributed by atoms with Crippen molar-refractivity contribution in [1.82, 2.24) is 19.7 Å². The van der Waals surface area contributed by atoms with Crippen molar-refractivity contribution >= 4 is 17.7 Å². The van der Waals surface area contributed by atoms with Crippen molar-refractivity contribution in [2.24, 2.45) is 7.05 Å². The lowest BCUT2D eigenvalue weighted by Gasteiger charge is -2.26. The van der Waals surface area contributed by atoms with Crippen molar-refractivity contribution < 1.29 is 14.3 Å². The number of thioether (sulfide) groups is 1. The van der Waals surface area contributed by atoms with Crippen LogP contribution in [0.5, 0.6) is 11.5 Å². The summed E-state index contributed by atoms with van der Waals surface area (Å²) in [5.74, 6) is 2.79. The van der Waals surface area contributed by atoms with E-state index in [9.17, 15) is 4.79 Å². The first-order chi connectivity index (χ1) is 15.2. The van der Waals surface area contributed by atoms with Gasteiger partial charge in [0.15, 0.2) is 22.5 Å². The normalized spacial score (nSPS) is 17.7. The molecule has 5 rings (SSSR count). The van der Waals surface area contributed by atoms with Gasteiger partial charge in [-0.1, -0.05) is 48.2 Å². The molecule has 3 heterocycles. The molecule has 0 aliphatic carbocycles. The summed E-state index contributed by atoms with van der Waals surface area (Å²) in [5, 5.41) is 9.34. The van der Waals surface area contributed by atoms with Crippen LogP contribution < -0.4 is 9.47 Å². The van der Waals surface area contributed by atoms with Crippen molar-refractivity contribution in [1.29, 1.82) is 0 Å². The van der Waals surface area contributed by atoms with E-state index in [1.54, 1.807) is 0 Å². The summed E-state index contributed by atoms with van der Waals surface area (Å²) in [7, 11) is 1.93. The van der Waals surface area contributed by atoms with Crippen LogP contribution in [0.15, 0.2) is 53.7 Å². The molecule has 0 spiro atoms. The average Bonchev–Trinajstić information content (AvgIpc) is 3.45. The monoisotopic (exact) mass is 436 g/mol. The number of benzene rings is 2. The zero-order chi connectivity index (χ0) is 21.2. The lowest BCUT2D eigenvalue weighted by Crippen LogP contribution is -2.32. The number of aromatic nitrogens is 3. The smallest absolute Gasteiger partial charge is 0.233 e. The van der Waals surface area contributed by atoms with Crippen LogP contribution in [-0.2, 0) is 11.8 Å². The van der Waals surface area contributed by atoms with Gasteiger partial charge in [0.25, 0.3) is 0 Å². The van der Waals surface area contributed by atoms with Crippen LogP contribution in [0.4, 0.5) is 0 Å². The third-order valence-corrected chi connectivity index (χ3v) is 6.72. The number of nitrogens with zero attached hydrogens (tertiary/aromatic N) is 4. The molecule has 1 amide bonds. The van der Waals surface area contributed by atoms with E-state index < -0.39 is 0 Å². The van der Waals surface area contributed by atoms with Gasteiger partial charge in [-0.05, 0) is 30.5 Å². The van der Waals surface area contributed by atoms with Crippen LogP contribution in [0.2, 0.25) is 0 Å². The summed E-state index contributed by atoms with van der Waals surface area (Å²) < 4.78 is 13.3. The maximum Gasteiger partial charge on any atom is 0.233 e. The van der Waals surface area contributed by atoms with E-state index >= 15 is 0 Å². The topological polar surface area (TPSA) is 69.5 Å². The standard InChI is InChI=1S/C23H24N4O3S/c1-26-22(16-6-3-2-4-7-16)24-25-23(26)31-15-21(28)27-11-5-8-18(27)17-9-10-19-20(14-17)30-13-12-29-19/h2-4,6-7,9-10,14,18H,5,8,11-13,15H2,1H3. The molecule has 1 aromatic heterocycles. The average molecular weight is 437 g/mol. The summed E-state index contributed by atoms with van der Waals surface area (Å²) in [6, 6.07) is 16.0. The molecule has 0 radical (unpaired) electrons. The number of carbonyl (C=O) groups is 1. The number of hydrogen-bond donors (Lipinski definition) is 0. The van der Waals surface area contributed by atoms with E-state index in [4.69, 9.17) is 9.47 Å². The van der Waals surface area contributed by atoms with Gasteiger partial charge in [0.1, 0.15) is 13.2 Å². The summed E-state index contributed by atoms with van der Waals surface area (Å²) in [4.78, 5) is 15.0. The Morgan fingerprint density at radius 3 is 2.74 bits per heavy atom. The van der Waals surface area contributed by atoms with Gasteiger partial charge in [-0.2, -0.15) is 0 Å². The summed E-state index contributed by atoms with van der Waals surface area (Å²) in [6.07, 6.45) is 1.95. The van der Waals surface area contributed by atoms with Crippen molar-refractivity contribution in [3.8, 4) is 22.9 Å². The van der Waals surface area contributed by atoms with Gasteiger partial charge in [-0.15, -0.1) is 10.2 Å². The molecule has 3 aromatic rings. The molecule has 1 atom stereocenters. The molecule has 1 unspecified atom stereocenters. The van der Waals surface area contributed by atoms with E-state index in [1.807, 2.05) is 65.0 Å². The Balaban J connectivity index is 1.27. The quantitative estimate of drug-likeness (QED) is 0.568. The molecule has 0 saturated carbocycles. The zero-order valence-corrected chi connectivity index (χ0v) is 18.2. The lowest BCUT2D eigenvalue weighted by molar-refractivity contribution is -0.129. The highest BCUT2D eigenvalue weighted by Gasteiger charge is 2.31. The second-order valence-corrected chi connectivity index (χ2v) is 8.61. The van der Waals surface area contributed by atoms with Crippen molar-refractivity contribution in [2.45, 2.75) is 24.0 Å². The van der Waals surface area contributed by atoms with Gasteiger partial charge in [-0.25, -0.2) is 0 Å². The molecular formula is C23H24N4O3S. The van der Waals surface area contributed by atoms with E-state index in [2.05, 4.69) is 10.2 Å². The predicted octanol–water partition coefficient (Wildman–Crippen LogP) is 3.71. The predicted molar refractivity (Wildman–Crippen MR) is 118 cm³/mol. The van der Waals surface area contributed by atoms with E-state index in [0.717, 1.165) is 53.0 Å². The van der Waals surface area contributed by atoms with Crippen LogP contribution in [0.3, 0.4) is 0 Å². The van der Waals surface area contributed by atoms with Crippen molar-refractivity contribution in [2.75, 3.05) is 25.5 Å². The Kier molecular flexibility index (Phi) is 5.55. The minimum absolute atomic E-state index is 0.0725. The molecule has 2 aliphatic heterocycles. The largest absolute Gasteiger partial charge is 0.486 e. The first-order valence-corrected chi connectivity index (χ1v) is 11.5. The van der Waals surface area contributed by atoms with Crippen molar-refractivity contribution in [3.63, 3.8) is 0 Å². The van der Waals surface area contributed by atoms with Gasteiger partial charge in [0.2, 0.25) is 5.91 Å². The van der Waals surface area contributed by atoms with Gasteiger partial charge in [-0.3, -0.25) is 4.79 Å². The summed E-state index contributed by atoms with van der Waals surface area (Å²) >= 11 is 1.43. The molecule has 7 nitrogen and oxygen atoms in total. The molecule has 31 heavy (non-hydrogen) atoms. The van der Waals surface area contributed by atoms with Gasteiger partial charge >= 0.3 is 0 Å². The Labute approximate surface area is 185 Å². The molecule has 2 aliphatic rings. The number of ether oxygens (including phenoxy) is 2. The van der Waals surface area contributed by atoms with Gasteiger partial charge in [0.05, 0.1) is 11.8 Å². The van der Waals surface area contributed by atoms with Crippen LogP contribution in [-0.4, -0.2) is 51.1 Å². The third-order valence-electron chi connectivity index (χ3n) is 5.72. The second-order valence-electron chi connectivity index (χ2n) is 7.67. The van der Waals surface area contributed by atoms with E-state index in [-0.39, 0.29) is 11.9 Å². The summed E-state index contributed by atoms with van der Waals surface area (Å²) in [6.45, 7) is 1.90. The van der Waals surface area contributed by atoms with Gasteiger partial charge in [0, 0.05) is 19.2 Å². The second kappa shape index (κ2) is 8.63. The highest BCUT2D eigenvalue weighted by atomic mass is 32.2. The first kappa shape index (κ1) is 19.9. The molecule has 160 valence electrons. The zero-order valence-electron chi connectivity index (χ0n) is 17.4. The third kappa shape index (κ3) is 3.99. The molecule has 0 N–H and O–H groups in total. The van der Waals surface area contributed by atoms with Crippen LogP contribution >= 0.6 is 11.8 Å². The number of likely N-dealkylation sites (tertiary alicyclic amines) is 1. The Morgan fingerprint density at radius 1 is 1.10 bits per heavy atom. The van der Waals surface area contributed by atoms with Crippen LogP contribution in [0.1, 0.15) is 24.4 Å². The van der Waals surface area contributed by atoms with Crippen molar-refractivity contribution in [3.05, 3.63) is 54.1 Å². The SMILES string of the molecule is Cn1c(SCC(=O)N2CCCC2c2ccc3c(c2)OCCO3)nnc1-c1ccccc1. The first-order valence-electron chi connectivity index (χ1n) is 10.5. The van der Waals surface area contributed by atoms with E-state index in [0.29, 0.717) is 19.0 Å². The Hall–Kier alpha value is -3.00. The fourth-order valence-corrected chi connectivity index (χ4v) is 4.96. The maximum absolute atomic E-state index is 13.1. The fourth-order valence-electron chi connectivity index (χ4n) is 4.17. The van der Waals surface area contributed by atoms with Crippen LogP contribution in [0.25, 0.3) is 11.4 Å². The number of fused-ring (bicyclic) bond motifs is 1. The fraction of sp³-hybridized carbons (Fsp3) is 0.348. The number of carbonyl (C=O) groups excluding carboxylic acids is 1. The molecule has 1 saturated heterocycles. The highest BCUT2D eigenvalue weighted by Crippen LogP contribution is 2.38. The Bertz CT molecular complexity index is 1090. The summed E-state index contributed by atoms with van der Waals surface area (Å²) in [5.41, 5.74) is 2.11. The number of amides is 1. The minimum Gasteiger partial charge on any atom is -0.486 e. The molecule has 1 fully saturated rings. The highest BCUT2D eigenvalue weighted by molar-refractivity contribution is 7.99. The molecule has 0 bridgehead atoms. The number of hydrogen-bond acceptors (Lipinski definition) is 6. The lowest BCUT2D eigenvalue weighted by atomic mass is 10.0. The molecule has 8 heteroatoms. The number of rotatable bonds is 5. The maximum atomic E-state index is 13.1.